The molecule has 0 spiro atoms. The predicted octanol–water partition coefficient (Wildman–Crippen LogP) is 0.127. The van der Waals surface area contributed by atoms with Crippen molar-refractivity contribution in [3.05, 3.63) is 34.6 Å². The van der Waals surface area contributed by atoms with Crippen LogP contribution in [0.25, 0.3) is 10.9 Å². The van der Waals surface area contributed by atoms with Crippen molar-refractivity contribution in [2.24, 2.45) is 0 Å². The molecule has 1 aromatic heterocycles. The summed E-state index contributed by atoms with van der Waals surface area (Å²) in [6.45, 7) is 0. The molecule has 1 aromatic carbocycles. The number of nitrogens with two attached hydrogens (primary N) is 1. The lowest BCUT2D eigenvalue weighted by Gasteiger charge is -2.06. The van der Waals surface area contributed by atoms with Crippen LogP contribution in [0.15, 0.2) is 29.1 Å². The van der Waals surface area contributed by atoms with Gasteiger partial charge >= 0.3 is 5.56 Å². The molecule has 4 N–H and O–H groups in total. The van der Waals surface area contributed by atoms with E-state index in [4.69, 9.17) is 5.84 Å². The number of nitrogens with zero attached hydrogens (tertiary/aromatic N) is 1. The zero-order valence-corrected chi connectivity index (χ0v) is 7.14. The summed E-state index contributed by atoms with van der Waals surface area (Å²) in [5.74, 6) is 4.25. The van der Waals surface area contributed by atoms with Gasteiger partial charge in [-0.3, -0.25) is 4.79 Å². The summed E-state index contributed by atoms with van der Waals surface area (Å²) in [5.41, 5.74) is -0.450. The van der Waals surface area contributed by atoms with Gasteiger partial charge in [-0.1, -0.05) is 12.1 Å². The first kappa shape index (κ1) is 8.43. The fourth-order valence-electron chi connectivity index (χ4n) is 1.34. The van der Waals surface area contributed by atoms with Gasteiger partial charge in [0.05, 0.1) is 5.52 Å². The molecule has 72 valence electrons. The van der Waals surface area contributed by atoms with Crippen molar-refractivity contribution >= 4 is 10.9 Å². The van der Waals surface area contributed by atoms with Gasteiger partial charge in [-0.2, -0.15) is 0 Å². The van der Waals surface area contributed by atoms with E-state index in [1.165, 1.54) is 0 Å². The van der Waals surface area contributed by atoms with Crippen LogP contribution in [0.4, 0.5) is 0 Å². The Balaban J connectivity index is 3.10. The SMILES string of the molecule is Nn1c(=O)c(O)c(O)c2ccccc21. The molecular formula is C9H8N2O3. The molecular weight excluding hydrogens is 184 g/mol. The minimum Gasteiger partial charge on any atom is -0.504 e. The number of rotatable bonds is 0. The van der Waals surface area contributed by atoms with Crippen LogP contribution in [0.1, 0.15) is 0 Å². The average molecular weight is 192 g/mol. The Morgan fingerprint density at radius 1 is 1.14 bits per heavy atom. The van der Waals surface area contributed by atoms with Gasteiger partial charge < -0.3 is 16.1 Å². The topological polar surface area (TPSA) is 88.5 Å². The maximum atomic E-state index is 11.2. The van der Waals surface area contributed by atoms with E-state index in [-0.39, 0.29) is 0 Å². The van der Waals surface area contributed by atoms with Crippen LogP contribution in [-0.4, -0.2) is 14.9 Å². The number of aromatic nitrogens is 1. The maximum Gasteiger partial charge on any atom is 0.315 e. The Labute approximate surface area is 78.6 Å². The van der Waals surface area contributed by atoms with Crippen molar-refractivity contribution in [1.29, 1.82) is 0 Å². The molecule has 0 aliphatic heterocycles. The summed E-state index contributed by atoms with van der Waals surface area (Å²) >= 11 is 0. The van der Waals surface area contributed by atoms with Gasteiger partial charge in [-0.05, 0) is 12.1 Å². The lowest BCUT2D eigenvalue weighted by Crippen LogP contribution is -2.26. The van der Waals surface area contributed by atoms with Gasteiger partial charge in [0.2, 0.25) is 5.75 Å². The molecule has 5 heteroatoms. The standard InChI is InChI=1S/C9H8N2O3/c10-11-6-4-2-1-3-5(6)7(12)8(13)9(11)14/h1-4,12-13H,10H2. The highest BCUT2D eigenvalue weighted by Crippen LogP contribution is 2.28. The third-order valence-corrected chi connectivity index (χ3v) is 2.06. The molecule has 0 aliphatic carbocycles. The van der Waals surface area contributed by atoms with Crippen LogP contribution in [0, 0.1) is 0 Å². The Bertz CT molecular complexity index is 560. The monoisotopic (exact) mass is 192 g/mol. The molecule has 0 atom stereocenters. The van der Waals surface area contributed by atoms with Gasteiger partial charge in [-0.15, -0.1) is 0 Å². The quantitative estimate of drug-likeness (QED) is 0.517. The Hall–Kier alpha value is -2.17. The molecule has 0 radical (unpaired) electrons. The van der Waals surface area contributed by atoms with Gasteiger partial charge in [0.25, 0.3) is 0 Å². The number of para-hydroxylation sites is 1. The number of pyridine rings is 1. The van der Waals surface area contributed by atoms with Crippen molar-refractivity contribution < 1.29 is 10.2 Å². The molecule has 5 nitrogen and oxygen atoms in total. The van der Waals surface area contributed by atoms with Crippen LogP contribution >= 0.6 is 0 Å². The molecule has 0 saturated heterocycles. The number of hydrogen-bond acceptors (Lipinski definition) is 4. The highest BCUT2D eigenvalue weighted by atomic mass is 16.3. The van der Waals surface area contributed by atoms with Crippen LogP contribution < -0.4 is 11.4 Å². The van der Waals surface area contributed by atoms with Gasteiger partial charge in [-0.25, -0.2) is 4.68 Å². The predicted molar refractivity (Wildman–Crippen MR) is 51.7 cm³/mol. The van der Waals surface area contributed by atoms with Crippen molar-refractivity contribution in [2.45, 2.75) is 0 Å². The first-order chi connectivity index (χ1) is 6.63. The van der Waals surface area contributed by atoms with Crippen LogP contribution in [0.5, 0.6) is 11.5 Å². The Morgan fingerprint density at radius 3 is 2.50 bits per heavy atom. The molecule has 1 heterocycles. The maximum absolute atomic E-state index is 11.2. The van der Waals surface area contributed by atoms with E-state index in [0.717, 1.165) is 4.68 Å². The van der Waals surface area contributed by atoms with E-state index in [9.17, 15) is 15.0 Å². The molecule has 2 aromatic rings. The Kier molecular flexibility index (Phi) is 1.60. The molecule has 0 fully saturated rings. The second-order valence-corrected chi connectivity index (χ2v) is 2.89. The molecule has 0 bridgehead atoms. The van der Waals surface area contributed by atoms with Crippen molar-refractivity contribution in [2.75, 3.05) is 5.84 Å². The number of hydrogen-bond donors (Lipinski definition) is 3. The third kappa shape index (κ3) is 0.922. The normalized spacial score (nSPS) is 10.6. The highest BCUT2D eigenvalue weighted by molar-refractivity contribution is 5.87. The van der Waals surface area contributed by atoms with E-state index in [0.29, 0.717) is 10.9 Å². The van der Waals surface area contributed by atoms with E-state index in [1.54, 1.807) is 24.3 Å². The number of aromatic hydroxyl groups is 2. The summed E-state index contributed by atoms with van der Waals surface area (Å²) < 4.78 is 0.796. The van der Waals surface area contributed by atoms with Crippen LogP contribution in [0.2, 0.25) is 0 Å². The third-order valence-electron chi connectivity index (χ3n) is 2.06. The number of nitrogen functional groups attached to an aromatic ring is 1. The van der Waals surface area contributed by atoms with E-state index >= 15 is 0 Å². The Morgan fingerprint density at radius 2 is 1.79 bits per heavy atom. The molecule has 0 amide bonds. The largest absolute Gasteiger partial charge is 0.504 e. The van der Waals surface area contributed by atoms with Gasteiger partial charge in [0.1, 0.15) is 0 Å². The molecule has 0 saturated carbocycles. The lowest BCUT2D eigenvalue weighted by atomic mass is 10.2. The summed E-state index contributed by atoms with van der Waals surface area (Å²) in [7, 11) is 0. The number of fused-ring (bicyclic) bond motifs is 1. The van der Waals surface area contributed by atoms with E-state index in [2.05, 4.69) is 0 Å². The van der Waals surface area contributed by atoms with E-state index < -0.39 is 17.1 Å². The summed E-state index contributed by atoms with van der Waals surface area (Å²) in [5, 5.41) is 19.0. The first-order valence-electron chi connectivity index (χ1n) is 3.93. The van der Waals surface area contributed by atoms with Crippen molar-refractivity contribution in [3.8, 4) is 11.5 Å². The first-order valence-corrected chi connectivity index (χ1v) is 3.93. The summed E-state index contributed by atoms with van der Waals surface area (Å²) in [6, 6.07) is 6.50. The molecule has 0 unspecified atom stereocenters. The molecule has 0 aliphatic rings. The number of benzene rings is 1. The van der Waals surface area contributed by atoms with E-state index in [1.807, 2.05) is 0 Å². The molecule has 2 rings (SSSR count). The second-order valence-electron chi connectivity index (χ2n) is 2.89. The highest BCUT2D eigenvalue weighted by Gasteiger charge is 2.12. The molecule has 14 heavy (non-hydrogen) atoms. The average Bonchev–Trinajstić information content (AvgIpc) is 2.23. The summed E-state index contributed by atoms with van der Waals surface area (Å²) in [4.78, 5) is 11.2. The van der Waals surface area contributed by atoms with Crippen molar-refractivity contribution in [3.63, 3.8) is 0 Å². The second kappa shape index (κ2) is 2.66. The fraction of sp³-hybridized carbons (Fsp3) is 0. The minimum absolute atomic E-state index is 0.340. The minimum atomic E-state index is -0.818. The zero-order chi connectivity index (χ0) is 10.3. The van der Waals surface area contributed by atoms with Gasteiger partial charge in [0, 0.05) is 5.39 Å². The zero-order valence-electron chi connectivity index (χ0n) is 7.14. The van der Waals surface area contributed by atoms with Crippen molar-refractivity contribution in [1.82, 2.24) is 4.68 Å². The van der Waals surface area contributed by atoms with Crippen LogP contribution in [-0.2, 0) is 0 Å². The van der Waals surface area contributed by atoms with Crippen LogP contribution in [0.3, 0.4) is 0 Å². The smallest absolute Gasteiger partial charge is 0.315 e. The fourth-order valence-corrected chi connectivity index (χ4v) is 1.34. The lowest BCUT2D eigenvalue weighted by molar-refractivity contribution is 0.400. The summed E-state index contributed by atoms with van der Waals surface area (Å²) in [6.07, 6.45) is 0. The van der Waals surface area contributed by atoms with Gasteiger partial charge in [0.15, 0.2) is 5.75 Å².